The summed E-state index contributed by atoms with van der Waals surface area (Å²) < 4.78 is 6.88. The third-order valence-electron chi connectivity index (χ3n) is 4.16. The number of benzene rings is 1. The zero-order valence-electron chi connectivity index (χ0n) is 13.3. The molecule has 128 valence electrons. The normalized spacial score (nSPS) is 17.6. The minimum atomic E-state index is -0.0921. The molecule has 25 heavy (non-hydrogen) atoms. The molecule has 1 amide bonds. The molecule has 2 aromatic heterocycles. The van der Waals surface area contributed by atoms with Crippen LogP contribution in [0.2, 0.25) is 0 Å². The molecule has 3 heterocycles. The number of rotatable bonds is 3. The fourth-order valence-corrected chi connectivity index (χ4v) is 4.23. The van der Waals surface area contributed by atoms with E-state index in [2.05, 4.69) is 26.1 Å². The molecule has 1 N–H and O–H groups in total. The van der Waals surface area contributed by atoms with E-state index < -0.39 is 0 Å². The Morgan fingerprint density at radius 2 is 2.12 bits per heavy atom. The SMILES string of the molecule is O=C(c1cc(-c2ccc(Br)s2)[nH]n1)N1CCO[C@H](c2ccccc2)C1. The number of H-pyrrole nitrogens is 1. The number of amides is 1. The van der Waals surface area contributed by atoms with Crippen molar-refractivity contribution in [1.82, 2.24) is 15.1 Å². The zero-order valence-corrected chi connectivity index (χ0v) is 15.7. The zero-order chi connectivity index (χ0) is 17.2. The number of carbonyl (C=O) groups is 1. The number of hydrogen-bond acceptors (Lipinski definition) is 4. The minimum Gasteiger partial charge on any atom is -0.370 e. The Balaban J connectivity index is 1.50. The molecule has 1 atom stereocenters. The smallest absolute Gasteiger partial charge is 0.274 e. The predicted octanol–water partition coefficient (Wildman–Crippen LogP) is 4.11. The third-order valence-corrected chi connectivity index (χ3v) is 5.82. The Labute approximate surface area is 157 Å². The molecule has 5 nitrogen and oxygen atoms in total. The molecular formula is C18H16BrN3O2S. The number of halogens is 1. The summed E-state index contributed by atoms with van der Waals surface area (Å²) in [6.07, 6.45) is -0.0921. The molecule has 1 fully saturated rings. The summed E-state index contributed by atoms with van der Waals surface area (Å²) >= 11 is 5.05. The molecular weight excluding hydrogens is 402 g/mol. The summed E-state index contributed by atoms with van der Waals surface area (Å²) in [6.45, 7) is 1.64. The number of nitrogens with one attached hydrogen (secondary N) is 1. The molecule has 0 unspecified atom stereocenters. The van der Waals surface area contributed by atoms with E-state index in [1.807, 2.05) is 53.4 Å². The lowest BCUT2D eigenvalue weighted by Gasteiger charge is -2.32. The first kappa shape index (κ1) is 16.5. The van der Waals surface area contributed by atoms with Gasteiger partial charge in [-0.2, -0.15) is 5.10 Å². The maximum absolute atomic E-state index is 12.8. The van der Waals surface area contributed by atoms with Gasteiger partial charge in [0.25, 0.3) is 5.91 Å². The van der Waals surface area contributed by atoms with Crippen LogP contribution in [-0.4, -0.2) is 40.7 Å². The van der Waals surface area contributed by atoms with Gasteiger partial charge >= 0.3 is 0 Å². The van der Waals surface area contributed by atoms with Crippen LogP contribution in [0.25, 0.3) is 10.6 Å². The van der Waals surface area contributed by atoms with E-state index in [9.17, 15) is 4.79 Å². The molecule has 1 aliphatic rings. The topological polar surface area (TPSA) is 58.2 Å². The van der Waals surface area contributed by atoms with E-state index in [-0.39, 0.29) is 12.0 Å². The Morgan fingerprint density at radius 3 is 2.88 bits per heavy atom. The van der Waals surface area contributed by atoms with Gasteiger partial charge in [0.2, 0.25) is 0 Å². The Kier molecular flexibility index (Phi) is 4.70. The number of nitrogens with zero attached hydrogens (tertiary/aromatic N) is 2. The van der Waals surface area contributed by atoms with Gasteiger partial charge in [0.1, 0.15) is 6.10 Å². The molecule has 3 aromatic rings. The number of hydrogen-bond donors (Lipinski definition) is 1. The van der Waals surface area contributed by atoms with Crippen LogP contribution >= 0.6 is 27.3 Å². The average molecular weight is 418 g/mol. The van der Waals surface area contributed by atoms with Crippen molar-refractivity contribution in [3.05, 3.63) is 63.6 Å². The van der Waals surface area contributed by atoms with Crippen LogP contribution in [0.1, 0.15) is 22.2 Å². The number of morpholine rings is 1. The van der Waals surface area contributed by atoms with E-state index in [0.717, 1.165) is 19.9 Å². The van der Waals surface area contributed by atoms with Gasteiger partial charge in [-0.25, -0.2) is 0 Å². The van der Waals surface area contributed by atoms with E-state index in [4.69, 9.17) is 4.74 Å². The molecule has 0 saturated carbocycles. The van der Waals surface area contributed by atoms with Crippen molar-refractivity contribution in [2.24, 2.45) is 0 Å². The fraction of sp³-hybridized carbons (Fsp3) is 0.222. The Hall–Kier alpha value is -1.96. The molecule has 1 aliphatic heterocycles. The Bertz CT molecular complexity index is 877. The van der Waals surface area contributed by atoms with Gasteiger partial charge in [-0.05, 0) is 39.7 Å². The van der Waals surface area contributed by atoms with Crippen LogP contribution < -0.4 is 0 Å². The summed E-state index contributed by atoms with van der Waals surface area (Å²) in [5.41, 5.74) is 2.38. The van der Waals surface area contributed by atoms with Gasteiger partial charge in [-0.1, -0.05) is 30.3 Å². The highest BCUT2D eigenvalue weighted by atomic mass is 79.9. The van der Waals surface area contributed by atoms with Gasteiger partial charge in [-0.3, -0.25) is 9.89 Å². The van der Waals surface area contributed by atoms with Crippen LogP contribution in [0.3, 0.4) is 0 Å². The number of ether oxygens (including phenoxy) is 1. The lowest BCUT2D eigenvalue weighted by atomic mass is 10.1. The summed E-state index contributed by atoms with van der Waals surface area (Å²) in [6, 6.07) is 15.8. The lowest BCUT2D eigenvalue weighted by Crippen LogP contribution is -2.42. The predicted molar refractivity (Wildman–Crippen MR) is 101 cm³/mol. The highest BCUT2D eigenvalue weighted by Crippen LogP contribution is 2.30. The van der Waals surface area contributed by atoms with Gasteiger partial charge in [-0.15, -0.1) is 11.3 Å². The first-order valence-corrected chi connectivity index (χ1v) is 9.58. The second-order valence-corrected chi connectivity index (χ2v) is 8.25. The second-order valence-electron chi connectivity index (χ2n) is 5.79. The van der Waals surface area contributed by atoms with E-state index in [0.29, 0.717) is 25.4 Å². The van der Waals surface area contributed by atoms with Crippen LogP contribution in [-0.2, 0) is 4.74 Å². The van der Waals surface area contributed by atoms with Crippen molar-refractivity contribution in [3.63, 3.8) is 0 Å². The summed E-state index contributed by atoms with van der Waals surface area (Å²) in [4.78, 5) is 15.7. The quantitative estimate of drug-likeness (QED) is 0.697. The monoisotopic (exact) mass is 417 g/mol. The van der Waals surface area contributed by atoms with Crippen LogP contribution in [0.4, 0.5) is 0 Å². The van der Waals surface area contributed by atoms with E-state index in [1.165, 1.54) is 0 Å². The highest BCUT2D eigenvalue weighted by molar-refractivity contribution is 9.11. The van der Waals surface area contributed by atoms with Crippen molar-refractivity contribution < 1.29 is 9.53 Å². The molecule has 0 radical (unpaired) electrons. The summed E-state index contributed by atoms with van der Waals surface area (Å²) in [5.74, 6) is -0.0673. The summed E-state index contributed by atoms with van der Waals surface area (Å²) in [5, 5.41) is 7.17. The van der Waals surface area contributed by atoms with Crippen LogP contribution in [0.15, 0.2) is 52.3 Å². The largest absolute Gasteiger partial charge is 0.370 e. The third kappa shape index (κ3) is 3.53. The van der Waals surface area contributed by atoms with E-state index in [1.54, 1.807) is 11.3 Å². The van der Waals surface area contributed by atoms with Crippen molar-refractivity contribution >= 4 is 33.2 Å². The number of aromatic amines is 1. The van der Waals surface area contributed by atoms with Gasteiger partial charge in [0, 0.05) is 6.54 Å². The van der Waals surface area contributed by atoms with Crippen molar-refractivity contribution in [2.45, 2.75) is 6.10 Å². The summed E-state index contributed by atoms with van der Waals surface area (Å²) in [7, 11) is 0. The maximum atomic E-state index is 12.8. The van der Waals surface area contributed by atoms with E-state index >= 15 is 0 Å². The minimum absolute atomic E-state index is 0.0673. The first-order valence-electron chi connectivity index (χ1n) is 7.97. The van der Waals surface area contributed by atoms with Gasteiger partial charge in [0.05, 0.1) is 27.5 Å². The van der Waals surface area contributed by atoms with Crippen molar-refractivity contribution in [1.29, 1.82) is 0 Å². The lowest BCUT2D eigenvalue weighted by molar-refractivity contribution is -0.0230. The van der Waals surface area contributed by atoms with Crippen molar-refractivity contribution in [3.8, 4) is 10.6 Å². The standard InChI is InChI=1S/C18H16BrN3O2S/c19-17-7-6-16(25-17)13-10-14(21-20-13)18(23)22-8-9-24-15(11-22)12-4-2-1-3-5-12/h1-7,10,15H,8-9,11H2,(H,20,21)/t15-/m0/s1. The van der Waals surface area contributed by atoms with Crippen LogP contribution in [0.5, 0.6) is 0 Å². The number of thiophene rings is 1. The average Bonchev–Trinajstić information content (AvgIpc) is 3.31. The van der Waals surface area contributed by atoms with Gasteiger partial charge < -0.3 is 9.64 Å². The molecule has 1 aromatic carbocycles. The van der Waals surface area contributed by atoms with Crippen molar-refractivity contribution in [2.75, 3.05) is 19.7 Å². The molecule has 1 saturated heterocycles. The van der Waals surface area contributed by atoms with Gasteiger partial charge in [0.15, 0.2) is 5.69 Å². The fourth-order valence-electron chi connectivity index (χ4n) is 2.88. The number of aromatic nitrogens is 2. The highest BCUT2D eigenvalue weighted by Gasteiger charge is 2.27. The van der Waals surface area contributed by atoms with Crippen LogP contribution in [0, 0.1) is 0 Å². The first-order chi connectivity index (χ1) is 12.2. The molecule has 4 rings (SSSR count). The Morgan fingerprint density at radius 1 is 1.28 bits per heavy atom. The molecule has 0 spiro atoms. The second kappa shape index (κ2) is 7.11. The number of carbonyl (C=O) groups excluding carboxylic acids is 1. The molecule has 7 heteroatoms. The maximum Gasteiger partial charge on any atom is 0.274 e. The molecule has 0 bridgehead atoms. The molecule has 0 aliphatic carbocycles.